The van der Waals surface area contributed by atoms with Crippen molar-refractivity contribution in [2.45, 2.75) is 46.3 Å². The number of halogens is 2. The summed E-state index contributed by atoms with van der Waals surface area (Å²) in [6.07, 6.45) is 0.876. The molecule has 0 fully saturated rings. The third-order valence-corrected chi connectivity index (χ3v) is 3.77. The van der Waals surface area contributed by atoms with Crippen molar-refractivity contribution >= 4 is 5.91 Å². The lowest BCUT2D eigenvalue weighted by Gasteiger charge is -2.15. The minimum Gasteiger partial charge on any atom is -0.435 e. The molecule has 0 aliphatic carbocycles. The van der Waals surface area contributed by atoms with Gasteiger partial charge in [0.25, 0.3) is 0 Å². The van der Waals surface area contributed by atoms with Crippen LogP contribution in [0.4, 0.5) is 8.78 Å². The summed E-state index contributed by atoms with van der Waals surface area (Å²) in [4.78, 5) is 12.1. The fraction of sp³-hybridized carbons (Fsp3) is 0.412. The molecule has 2 rings (SSSR count). The Morgan fingerprint density at radius 2 is 1.96 bits per heavy atom. The van der Waals surface area contributed by atoms with Crippen molar-refractivity contribution in [2.24, 2.45) is 0 Å². The average molecular weight is 338 g/mol. The first kappa shape index (κ1) is 17.9. The topological polar surface area (TPSA) is 64.4 Å². The van der Waals surface area contributed by atoms with E-state index in [1.165, 1.54) is 12.1 Å². The number of rotatable bonds is 7. The Hall–Kier alpha value is -2.44. The molecule has 5 nitrogen and oxygen atoms in total. The predicted molar refractivity (Wildman–Crippen MR) is 83.9 cm³/mol. The first-order valence-electron chi connectivity index (χ1n) is 7.62. The minimum absolute atomic E-state index is 0.0886. The SMILES string of the molecule is Cc1noc(C)c1CCC(=O)NC(C)c1ccc(OC(F)F)cc1. The van der Waals surface area contributed by atoms with E-state index >= 15 is 0 Å². The van der Waals surface area contributed by atoms with Crippen LogP contribution in [0.5, 0.6) is 5.75 Å². The summed E-state index contributed by atoms with van der Waals surface area (Å²) in [6.45, 7) is 2.64. The van der Waals surface area contributed by atoms with Crippen LogP contribution in [0.15, 0.2) is 28.8 Å². The second-order valence-corrected chi connectivity index (χ2v) is 5.54. The second kappa shape index (κ2) is 7.90. The van der Waals surface area contributed by atoms with Crippen LogP contribution in [0.1, 0.15) is 42.0 Å². The van der Waals surface area contributed by atoms with E-state index in [1.54, 1.807) is 12.1 Å². The molecule has 24 heavy (non-hydrogen) atoms. The molecule has 1 unspecified atom stereocenters. The maximum atomic E-state index is 12.1. The summed E-state index contributed by atoms with van der Waals surface area (Å²) in [5, 5.41) is 6.74. The number of hydrogen-bond acceptors (Lipinski definition) is 4. The minimum atomic E-state index is -2.85. The van der Waals surface area contributed by atoms with Gasteiger partial charge in [0.2, 0.25) is 5.91 Å². The summed E-state index contributed by atoms with van der Waals surface area (Å²) < 4.78 is 33.6. The monoisotopic (exact) mass is 338 g/mol. The molecule has 1 atom stereocenters. The highest BCUT2D eigenvalue weighted by atomic mass is 19.3. The molecule has 7 heteroatoms. The summed E-state index contributed by atoms with van der Waals surface area (Å²) in [5.41, 5.74) is 2.55. The van der Waals surface area contributed by atoms with Crippen molar-refractivity contribution in [3.63, 3.8) is 0 Å². The summed E-state index contributed by atoms with van der Waals surface area (Å²) in [5.74, 6) is 0.712. The third kappa shape index (κ3) is 4.78. The van der Waals surface area contributed by atoms with Crippen molar-refractivity contribution in [1.29, 1.82) is 0 Å². The molecule has 1 amide bonds. The summed E-state index contributed by atoms with van der Waals surface area (Å²) >= 11 is 0. The number of carbonyl (C=O) groups is 1. The van der Waals surface area contributed by atoms with Crippen molar-refractivity contribution in [2.75, 3.05) is 0 Å². The molecule has 0 radical (unpaired) electrons. The first-order valence-corrected chi connectivity index (χ1v) is 7.62. The molecule has 0 spiro atoms. The van der Waals surface area contributed by atoms with Crippen molar-refractivity contribution in [3.05, 3.63) is 46.8 Å². The van der Waals surface area contributed by atoms with Crippen LogP contribution in [0.2, 0.25) is 0 Å². The molecule has 1 N–H and O–H groups in total. The Morgan fingerprint density at radius 1 is 1.29 bits per heavy atom. The lowest BCUT2D eigenvalue weighted by molar-refractivity contribution is -0.121. The van der Waals surface area contributed by atoms with Gasteiger partial charge in [-0.25, -0.2) is 0 Å². The van der Waals surface area contributed by atoms with Crippen molar-refractivity contribution in [1.82, 2.24) is 10.5 Å². The Morgan fingerprint density at radius 3 is 2.50 bits per heavy atom. The molecule has 1 heterocycles. The quantitative estimate of drug-likeness (QED) is 0.836. The average Bonchev–Trinajstić information content (AvgIpc) is 2.84. The normalized spacial score (nSPS) is 12.2. The molecule has 0 saturated heterocycles. The Balaban J connectivity index is 1.87. The van der Waals surface area contributed by atoms with Gasteiger partial charge in [-0.2, -0.15) is 8.78 Å². The van der Waals surface area contributed by atoms with Crippen LogP contribution in [-0.2, 0) is 11.2 Å². The lowest BCUT2D eigenvalue weighted by atomic mass is 10.1. The number of aromatic nitrogens is 1. The van der Waals surface area contributed by atoms with Gasteiger partial charge in [0.15, 0.2) is 0 Å². The molecule has 0 aliphatic heterocycles. The molecule has 1 aromatic heterocycles. The summed E-state index contributed by atoms with van der Waals surface area (Å²) in [7, 11) is 0. The third-order valence-electron chi connectivity index (χ3n) is 3.77. The van der Waals surface area contributed by atoms with Gasteiger partial charge in [-0.05, 0) is 44.9 Å². The maximum absolute atomic E-state index is 12.1. The number of nitrogens with one attached hydrogen (secondary N) is 1. The molecule has 0 bridgehead atoms. The van der Waals surface area contributed by atoms with Crippen molar-refractivity contribution in [3.8, 4) is 5.75 Å². The number of alkyl halides is 2. The zero-order valence-electron chi connectivity index (χ0n) is 13.8. The van der Waals surface area contributed by atoms with Gasteiger partial charge in [-0.3, -0.25) is 4.79 Å². The highest BCUT2D eigenvalue weighted by Gasteiger charge is 2.14. The highest BCUT2D eigenvalue weighted by Crippen LogP contribution is 2.19. The van der Waals surface area contributed by atoms with Crippen molar-refractivity contribution < 1.29 is 22.8 Å². The number of benzene rings is 1. The van der Waals surface area contributed by atoms with E-state index in [0.717, 1.165) is 22.6 Å². The van der Waals surface area contributed by atoms with Crippen LogP contribution < -0.4 is 10.1 Å². The van der Waals surface area contributed by atoms with E-state index in [0.29, 0.717) is 12.8 Å². The Labute approximate surface area is 139 Å². The van der Waals surface area contributed by atoms with Gasteiger partial charge in [0, 0.05) is 12.0 Å². The van der Waals surface area contributed by atoms with E-state index in [2.05, 4.69) is 15.2 Å². The maximum Gasteiger partial charge on any atom is 0.387 e. The lowest BCUT2D eigenvalue weighted by Crippen LogP contribution is -2.26. The number of carbonyl (C=O) groups excluding carboxylic acids is 1. The number of aryl methyl sites for hydroxylation is 2. The van der Waals surface area contributed by atoms with Gasteiger partial charge in [-0.15, -0.1) is 0 Å². The number of amides is 1. The second-order valence-electron chi connectivity index (χ2n) is 5.54. The molecule has 0 aliphatic rings. The molecule has 2 aromatic rings. The first-order chi connectivity index (χ1) is 11.4. The highest BCUT2D eigenvalue weighted by molar-refractivity contribution is 5.76. The smallest absolute Gasteiger partial charge is 0.387 e. The largest absolute Gasteiger partial charge is 0.435 e. The fourth-order valence-corrected chi connectivity index (χ4v) is 2.43. The van der Waals surface area contributed by atoms with E-state index in [4.69, 9.17) is 4.52 Å². The van der Waals surface area contributed by atoms with E-state index < -0.39 is 6.61 Å². The zero-order chi connectivity index (χ0) is 17.7. The number of nitrogens with zero attached hydrogens (tertiary/aromatic N) is 1. The standard InChI is InChI=1S/C17H20F2N2O3/c1-10(13-4-6-14(7-5-13)23-17(18)19)20-16(22)9-8-15-11(2)21-24-12(15)3/h4-7,10,17H,8-9H2,1-3H3,(H,20,22). The van der Waals surface area contributed by atoms with Gasteiger partial charge in [0.1, 0.15) is 11.5 Å². The van der Waals surface area contributed by atoms with Gasteiger partial charge in [-0.1, -0.05) is 17.3 Å². The fourth-order valence-electron chi connectivity index (χ4n) is 2.43. The van der Waals surface area contributed by atoms with Gasteiger partial charge >= 0.3 is 6.61 Å². The van der Waals surface area contributed by atoms with Gasteiger partial charge in [0.05, 0.1) is 11.7 Å². The molecule has 0 saturated carbocycles. The predicted octanol–water partition coefficient (Wildman–Crippen LogP) is 3.70. The zero-order valence-corrected chi connectivity index (χ0v) is 13.8. The number of hydrogen-bond donors (Lipinski definition) is 1. The van der Waals surface area contributed by atoms with Crippen LogP contribution in [0.25, 0.3) is 0 Å². The van der Waals surface area contributed by atoms with Crippen LogP contribution >= 0.6 is 0 Å². The van der Waals surface area contributed by atoms with Gasteiger partial charge < -0.3 is 14.6 Å². The molecule has 1 aromatic carbocycles. The molecule has 130 valence electrons. The Bertz CT molecular complexity index is 664. The van der Waals surface area contributed by atoms with E-state index in [-0.39, 0.29) is 17.7 Å². The number of ether oxygens (including phenoxy) is 1. The van der Waals surface area contributed by atoms with E-state index in [9.17, 15) is 13.6 Å². The molecular weight excluding hydrogens is 318 g/mol. The van der Waals surface area contributed by atoms with Crippen LogP contribution in [0, 0.1) is 13.8 Å². The van der Waals surface area contributed by atoms with E-state index in [1.807, 2.05) is 20.8 Å². The van der Waals surface area contributed by atoms with Crippen LogP contribution in [0.3, 0.4) is 0 Å². The Kier molecular flexibility index (Phi) is 5.89. The van der Waals surface area contributed by atoms with Crippen LogP contribution in [-0.4, -0.2) is 17.7 Å². The molecular formula is C17H20F2N2O3. The summed E-state index contributed by atoms with van der Waals surface area (Å²) in [6, 6.07) is 5.97.